The van der Waals surface area contributed by atoms with Crippen LogP contribution in [0.3, 0.4) is 0 Å². The van der Waals surface area contributed by atoms with Crippen LogP contribution < -0.4 is 26.5 Å². The third-order valence-corrected chi connectivity index (χ3v) is 6.09. The number of fused-ring (bicyclic) bond motifs is 2. The van der Waals surface area contributed by atoms with Crippen molar-refractivity contribution >= 4 is 38.5 Å². The Morgan fingerprint density at radius 2 is 2.10 bits per heavy atom. The number of rotatable bonds is 6. The van der Waals surface area contributed by atoms with Crippen LogP contribution in [0, 0.1) is 5.92 Å². The first-order valence-corrected chi connectivity index (χ1v) is 11.2. The van der Waals surface area contributed by atoms with E-state index in [1.165, 1.54) is 6.33 Å². The van der Waals surface area contributed by atoms with Gasteiger partial charge in [-0.15, -0.1) is 5.53 Å². The van der Waals surface area contributed by atoms with E-state index in [2.05, 4.69) is 30.5 Å². The molecular formula is C18H22N8O4S. The van der Waals surface area contributed by atoms with Crippen molar-refractivity contribution in [1.29, 1.82) is 0 Å². The maximum absolute atomic E-state index is 11.1. The molecule has 3 atom stereocenters. The fourth-order valence-corrected chi connectivity index (χ4v) is 4.50. The second-order valence-electron chi connectivity index (χ2n) is 7.61. The third kappa shape index (κ3) is 3.88. The molecule has 0 saturated heterocycles. The average molecular weight is 446 g/mol. The normalized spacial score (nSPS) is 23.2. The fraction of sp³-hybridized carbons (Fsp3) is 0.333. The first-order chi connectivity index (χ1) is 14.9. The summed E-state index contributed by atoms with van der Waals surface area (Å²) in [7, 11) is -4.05. The quantitative estimate of drug-likeness (QED) is 0.357. The summed E-state index contributed by atoms with van der Waals surface area (Å²) in [4.78, 5) is 8.74. The molecule has 12 nitrogen and oxygen atoms in total. The van der Waals surface area contributed by atoms with Gasteiger partial charge in [-0.25, -0.2) is 15.1 Å². The number of aliphatic hydroxyl groups is 1. The molecule has 3 aromatic rings. The number of hydrazine groups is 2. The van der Waals surface area contributed by atoms with Crippen molar-refractivity contribution in [2.45, 2.75) is 25.0 Å². The van der Waals surface area contributed by atoms with E-state index in [0.29, 0.717) is 30.2 Å². The molecule has 164 valence electrons. The van der Waals surface area contributed by atoms with Gasteiger partial charge in [0.05, 0.1) is 24.3 Å². The SMILES string of the molecule is NS(=O)(=O)OCC1CC(N2NNc3c(Nn4ccc5ccccc54)ncnc32)CC1O. The van der Waals surface area contributed by atoms with Crippen molar-refractivity contribution in [2.24, 2.45) is 11.1 Å². The zero-order valence-corrected chi connectivity index (χ0v) is 17.2. The van der Waals surface area contributed by atoms with Gasteiger partial charge in [-0.2, -0.15) is 8.42 Å². The number of hydrogen-bond donors (Lipinski definition) is 5. The van der Waals surface area contributed by atoms with E-state index in [1.807, 2.05) is 46.2 Å². The highest BCUT2D eigenvalue weighted by atomic mass is 32.2. The molecule has 2 aliphatic rings. The molecule has 1 saturated carbocycles. The van der Waals surface area contributed by atoms with Gasteiger partial charge in [0.2, 0.25) is 0 Å². The van der Waals surface area contributed by atoms with Crippen molar-refractivity contribution in [3.8, 4) is 0 Å². The largest absolute Gasteiger partial charge is 0.393 e. The van der Waals surface area contributed by atoms with E-state index >= 15 is 0 Å². The van der Waals surface area contributed by atoms with Crippen LogP contribution in [0.25, 0.3) is 10.9 Å². The van der Waals surface area contributed by atoms with E-state index in [1.54, 1.807) is 0 Å². The summed E-state index contributed by atoms with van der Waals surface area (Å²) >= 11 is 0. The molecule has 0 radical (unpaired) electrons. The second kappa shape index (κ2) is 7.62. The molecule has 1 aliphatic heterocycles. The molecular weight excluding hydrogens is 424 g/mol. The van der Waals surface area contributed by atoms with E-state index in [9.17, 15) is 13.5 Å². The minimum Gasteiger partial charge on any atom is -0.393 e. The number of aromatic nitrogens is 3. The highest BCUT2D eigenvalue weighted by Crippen LogP contribution is 2.38. The molecule has 1 aromatic carbocycles. The van der Waals surface area contributed by atoms with E-state index < -0.39 is 16.4 Å². The zero-order valence-electron chi connectivity index (χ0n) is 16.3. The van der Waals surface area contributed by atoms with Crippen LogP contribution in [-0.2, 0) is 14.5 Å². The third-order valence-electron chi connectivity index (χ3n) is 5.63. The predicted molar refractivity (Wildman–Crippen MR) is 114 cm³/mol. The highest BCUT2D eigenvalue weighted by molar-refractivity contribution is 7.84. The number of nitrogens with zero attached hydrogens (tertiary/aromatic N) is 4. The van der Waals surface area contributed by atoms with Crippen LogP contribution in [0.15, 0.2) is 42.9 Å². The summed E-state index contributed by atoms with van der Waals surface area (Å²) in [5.41, 5.74) is 11.1. The second-order valence-corrected chi connectivity index (χ2v) is 8.84. The lowest BCUT2D eigenvalue weighted by atomic mass is 10.1. The van der Waals surface area contributed by atoms with Gasteiger partial charge in [0.15, 0.2) is 11.6 Å². The molecule has 0 bridgehead atoms. The molecule has 2 aromatic heterocycles. The van der Waals surface area contributed by atoms with Crippen LogP contribution in [0.2, 0.25) is 0 Å². The number of hydrogen-bond acceptors (Lipinski definition) is 10. The Kier molecular flexibility index (Phi) is 4.91. The van der Waals surface area contributed by atoms with Gasteiger partial charge >= 0.3 is 10.3 Å². The molecule has 1 aliphatic carbocycles. The average Bonchev–Trinajstić information content (AvgIpc) is 3.43. The van der Waals surface area contributed by atoms with Crippen molar-refractivity contribution in [3.63, 3.8) is 0 Å². The van der Waals surface area contributed by atoms with Crippen molar-refractivity contribution in [3.05, 3.63) is 42.9 Å². The van der Waals surface area contributed by atoms with Gasteiger partial charge in [-0.1, -0.05) is 18.2 Å². The highest BCUT2D eigenvalue weighted by Gasteiger charge is 2.40. The zero-order chi connectivity index (χ0) is 21.6. The number of aliphatic hydroxyl groups excluding tert-OH is 1. The van der Waals surface area contributed by atoms with Crippen LogP contribution >= 0.6 is 0 Å². The topological polar surface area (TPSA) is 160 Å². The van der Waals surface area contributed by atoms with Crippen LogP contribution in [0.1, 0.15) is 12.8 Å². The molecule has 0 amide bonds. The number of para-hydroxylation sites is 1. The Labute approximate surface area is 178 Å². The lowest BCUT2D eigenvalue weighted by Gasteiger charge is -2.24. The van der Waals surface area contributed by atoms with Gasteiger partial charge < -0.3 is 5.11 Å². The van der Waals surface area contributed by atoms with Gasteiger partial charge in [-0.3, -0.25) is 24.7 Å². The lowest BCUT2D eigenvalue weighted by Crippen LogP contribution is -2.43. The van der Waals surface area contributed by atoms with E-state index in [-0.39, 0.29) is 18.6 Å². The Morgan fingerprint density at radius 3 is 2.94 bits per heavy atom. The Bertz CT molecular complexity index is 1220. The number of nitrogens with one attached hydrogen (secondary N) is 3. The smallest absolute Gasteiger partial charge is 0.333 e. The van der Waals surface area contributed by atoms with Crippen LogP contribution in [-0.4, -0.2) is 46.9 Å². The van der Waals surface area contributed by atoms with E-state index in [4.69, 9.17) is 5.14 Å². The van der Waals surface area contributed by atoms with Gasteiger partial charge in [0.25, 0.3) is 0 Å². The van der Waals surface area contributed by atoms with E-state index in [0.717, 1.165) is 10.9 Å². The van der Waals surface area contributed by atoms with Crippen molar-refractivity contribution < 1.29 is 17.7 Å². The maximum atomic E-state index is 11.1. The Morgan fingerprint density at radius 1 is 1.26 bits per heavy atom. The summed E-state index contributed by atoms with van der Waals surface area (Å²) in [6.07, 6.45) is 3.58. The predicted octanol–water partition coefficient (Wildman–Crippen LogP) is 0.318. The molecule has 0 spiro atoms. The van der Waals surface area contributed by atoms with Crippen molar-refractivity contribution in [2.75, 3.05) is 22.5 Å². The van der Waals surface area contributed by atoms with Gasteiger partial charge in [-0.05, 0) is 25.0 Å². The standard InChI is InChI=1S/C18H22N8O4S/c19-31(28,29)30-9-12-7-13(8-15(12)27)26-18-16(22-24-26)17(20-10-21-18)23-25-6-5-11-3-1-2-4-14(11)25/h1-6,10,12-13,15,22,24,27H,7-9H2,(H2,19,28,29)(H,20,21,23). The molecule has 3 unspecified atom stereocenters. The number of anilines is 3. The molecule has 1 fully saturated rings. The first-order valence-electron chi connectivity index (χ1n) is 9.73. The van der Waals surface area contributed by atoms with Crippen LogP contribution in [0.5, 0.6) is 0 Å². The lowest BCUT2D eigenvalue weighted by molar-refractivity contribution is 0.101. The molecule has 5 rings (SSSR count). The fourth-order valence-electron chi connectivity index (χ4n) is 4.13. The van der Waals surface area contributed by atoms with Crippen molar-refractivity contribution in [1.82, 2.24) is 20.2 Å². The van der Waals surface area contributed by atoms with Crippen LogP contribution in [0.4, 0.5) is 17.3 Å². The molecule has 3 heterocycles. The summed E-state index contributed by atoms with van der Waals surface area (Å²) < 4.78 is 28.7. The summed E-state index contributed by atoms with van der Waals surface area (Å²) in [6, 6.07) is 9.86. The Hall–Kier alpha value is -2.97. The monoisotopic (exact) mass is 446 g/mol. The maximum Gasteiger partial charge on any atom is 0.333 e. The summed E-state index contributed by atoms with van der Waals surface area (Å²) in [6.45, 7) is -0.165. The van der Waals surface area contributed by atoms with Gasteiger partial charge in [0, 0.05) is 17.5 Å². The molecule has 13 heteroatoms. The number of benzene rings is 1. The Balaban J connectivity index is 1.35. The molecule has 31 heavy (non-hydrogen) atoms. The number of nitrogens with two attached hydrogens (primary N) is 1. The first kappa shape index (κ1) is 20.0. The molecule has 6 N–H and O–H groups in total. The summed E-state index contributed by atoms with van der Waals surface area (Å²) in [5, 5.41) is 18.2. The minimum atomic E-state index is -4.05. The summed E-state index contributed by atoms with van der Waals surface area (Å²) in [5.74, 6) is 0.841. The minimum absolute atomic E-state index is 0.131. The van der Waals surface area contributed by atoms with Gasteiger partial charge in [0.1, 0.15) is 12.0 Å².